The molecule has 1 aromatic heterocycles. The predicted octanol–water partition coefficient (Wildman–Crippen LogP) is 4.29. The molecule has 0 radical (unpaired) electrons. The molecule has 1 saturated carbocycles. The van der Waals surface area contributed by atoms with Gasteiger partial charge in [-0.1, -0.05) is 6.92 Å². The Labute approximate surface area is 103 Å². The second kappa shape index (κ2) is 5.33. The lowest BCUT2D eigenvalue weighted by Gasteiger charge is -2.29. The van der Waals surface area contributed by atoms with Crippen LogP contribution in [-0.4, -0.2) is 6.04 Å². The summed E-state index contributed by atoms with van der Waals surface area (Å²) in [6, 6.07) is 5.76. The lowest BCUT2D eigenvalue weighted by molar-refractivity contribution is 0.292. The minimum absolute atomic E-state index is 0.525. The average molecular weight is 237 g/mol. The van der Waals surface area contributed by atoms with Gasteiger partial charge in [-0.3, -0.25) is 0 Å². The summed E-state index contributed by atoms with van der Waals surface area (Å²) in [5.74, 6) is 0.942. The summed E-state index contributed by atoms with van der Waals surface area (Å²) >= 11 is 1.92. The Morgan fingerprint density at radius 2 is 1.94 bits per heavy atom. The summed E-state index contributed by atoms with van der Waals surface area (Å²) in [5, 5.41) is 3.78. The Morgan fingerprint density at radius 3 is 2.50 bits per heavy atom. The summed E-state index contributed by atoms with van der Waals surface area (Å²) in [5.41, 5.74) is 0. The number of hydrogen-bond acceptors (Lipinski definition) is 2. The van der Waals surface area contributed by atoms with Crippen LogP contribution in [0.3, 0.4) is 0 Å². The molecule has 90 valence electrons. The maximum atomic E-state index is 3.78. The van der Waals surface area contributed by atoms with Gasteiger partial charge < -0.3 is 5.32 Å². The third-order valence-corrected chi connectivity index (χ3v) is 4.87. The fourth-order valence-corrected chi connectivity index (χ4v) is 3.44. The van der Waals surface area contributed by atoms with E-state index in [1.54, 1.807) is 0 Å². The number of rotatable bonds is 3. The van der Waals surface area contributed by atoms with Crippen LogP contribution >= 0.6 is 11.3 Å². The van der Waals surface area contributed by atoms with Crippen molar-refractivity contribution in [1.29, 1.82) is 0 Å². The molecule has 1 unspecified atom stereocenters. The summed E-state index contributed by atoms with van der Waals surface area (Å²) < 4.78 is 0. The molecule has 1 aliphatic carbocycles. The first kappa shape index (κ1) is 12.1. The molecule has 0 aliphatic heterocycles. The van der Waals surface area contributed by atoms with Crippen LogP contribution in [0, 0.1) is 12.8 Å². The Morgan fingerprint density at radius 1 is 1.25 bits per heavy atom. The molecule has 0 bridgehead atoms. The Kier molecular flexibility index (Phi) is 4.04. The van der Waals surface area contributed by atoms with Crippen LogP contribution in [0.5, 0.6) is 0 Å². The van der Waals surface area contributed by atoms with E-state index in [2.05, 4.69) is 38.2 Å². The molecule has 1 heterocycles. The normalized spacial score (nSPS) is 27.9. The molecule has 1 fully saturated rings. The van der Waals surface area contributed by atoms with Crippen LogP contribution in [-0.2, 0) is 0 Å². The zero-order valence-electron chi connectivity index (χ0n) is 10.6. The largest absolute Gasteiger partial charge is 0.307 e. The van der Waals surface area contributed by atoms with Gasteiger partial charge in [0, 0.05) is 21.8 Å². The minimum atomic E-state index is 0.525. The lowest BCUT2D eigenvalue weighted by Crippen LogP contribution is -2.34. The van der Waals surface area contributed by atoms with Gasteiger partial charge in [0.15, 0.2) is 0 Å². The van der Waals surface area contributed by atoms with Crippen molar-refractivity contribution in [2.45, 2.75) is 58.5 Å². The van der Waals surface area contributed by atoms with Crippen molar-refractivity contribution in [3.05, 3.63) is 21.9 Å². The highest BCUT2D eigenvalue weighted by molar-refractivity contribution is 7.12. The summed E-state index contributed by atoms with van der Waals surface area (Å²) in [6.45, 7) is 6.86. The second-order valence-electron chi connectivity index (χ2n) is 5.29. The first-order chi connectivity index (χ1) is 7.65. The SMILES string of the molecule is Cc1ccc(C(C)NC2CCC(C)CC2)s1. The monoisotopic (exact) mass is 237 g/mol. The van der Waals surface area contributed by atoms with E-state index in [-0.39, 0.29) is 0 Å². The standard InChI is InChI=1S/C14H23NS/c1-10-4-7-13(8-5-10)15-12(3)14-9-6-11(2)16-14/h6,9-10,12-13,15H,4-5,7-8H2,1-3H3. The summed E-state index contributed by atoms with van der Waals surface area (Å²) in [7, 11) is 0. The van der Waals surface area contributed by atoms with Crippen LogP contribution in [0.25, 0.3) is 0 Å². The number of aryl methyl sites for hydroxylation is 1. The van der Waals surface area contributed by atoms with Crippen LogP contribution in [0.1, 0.15) is 55.3 Å². The van der Waals surface area contributed by atoms with E-state index >= 15 is 0 Å². The maximum Gasteiger partial charge on any atom is 0.0388 e. The van der Waals surface area contributed by atoms with Crippen molar-refractivity contribution >= 4 is 11.3 Å². The van der Waals surface area contributed by atoms with Crippen molar-refractivity contribution in [2.24, 2.45) is 5.92 Å². The smallest absolute Gasteiger partial charge is 0.0388 e. The molecule has 2 rings (SSSR count). The fourth-order valence-electron chi connectivity index (χ4n) is 2.55. The highest BCUT2D eigenvalue weighted by Gasteiger charge is 2.20. The maximum absolute atomic E-state index is 3.78. The molecule has 0 saturated heterocycles. The van der Waals surface area contributed by atoms with Gasteiger partial charge >= 0.3 is 0 Å². The van der Waals surface area contributed by atoms with Gasteiger partial charge in [0.05, 0.1) is 0 Å². The van der Waals surface area contributed by atoms with Gasteiger partial charge in [-0.15, -0.1) is 11.3 Å². The summed E-state index contributed by atoms with van der Waals surface area (Å²) in [6.07, 6.45) is 5.51. The van der Waals surface area contributed by atoms with E-state index in [4.69, 9.17) is 0 Å². The number of hydrogen-bond donors (Lipinski definition) is 1. The lowest BCUT2D eigenvalue weighted by atomic mass is 9.87. The van der Waals surface area contributed by atoms with Gasteiger partial charge in [-0.25, -0.2) is 0 Å². The Balaban J connectivity index is 1.85. The van der Waals surface area contributed by atoms with E-state index in [1.807, 2.05) is 11.3 Å². The van der Waals surface area contributed by atoms with Gasteiger partial charge in [-0.05, 0) is 57.6 Å². The predicted molar refractivity (Wildman–Crippen MR) is 72.0 cm³/mol. The molecule has 1 N–H and O–H groups in total. The van der Waals surface area contributed by atoms with E-state index in [1.165, 1.54) is 35.4 Å². The highest BCUT2D eigenvalue weighted by Crippen LogP contribution is 2.27. The summed E-state index contributed by atoms with van der Waals surface area (Å²) in [4.78, 5) is 2.90. The third kappa shape index (κ3) is 3.08. The van der Waals surface area contributed by atoms with Crippen LogP contribution in [0.2, 0.25) is 0 Å². The van der Waals surface area contributed by atoms with E-state index in [0.29, 0.717) is 6.04 Å². The van der Waals surface area contributed by atoms with Crippen molar-refractivity contribution in [1.82, 2.24) is 5.32 Å². The van der Waals surface area contributed by atoms with Crippen LogP contribution in [0.4, 0.5) is 0 Å². The van der Waals surface area contributed by atoms with Gasteiger partial charge in [-0.2, -0.15) is 0 Å². The zero-order valence-corrected chi connectivity index (χ0v) is 11.4. The molecule has 1 nitrogen and oxygen atoms in total. The molecular weight excluding hydrogens is 214 g/mol. The molecule has 0 spiro atoms. The molecule has 2 heteroatoms. The Bertz CT molecular complexity index is 323. The number of thiophene rings is 1. The van der Waals surface area contributed by atoms with Crippen molar-refractivity contribution in [3.63, 3.8) is 0 Å². The van der Waals surface area contributed by atoms with Crippen molar-refractivity contribution in [2.75, 3.05) is 0 Å². The fraction of sp³-hybridized carbons (Fsp3) is 0.714. The molecule has 0 aromatic carbocycles. The molecule has 16 heavy (non-hydrogen) atoms. The second-order valence-corrected chi connectivity index (χ2v) is 6.61. The van der Waals surface area contributed by atoms with Crippen molar-refractivity contribution in [3.8, 4) is 0 Å². The van der Waals surface area contributed by atoms with Crippen molar-refractivity contribution < 1.29 is 0 Å². The van der Waals surface area contributed by atoms with E-state index in [0.717, 1.165) is 12.0 Å². The Hall–Kier alpha value is -0.340. The molecule has 1 aromatic rings. The molecule has 1 aliphatic rings. The minimum Gasteiger partial charge on any atom is -0.307 e. The van der Waals surface area contributed by atoms with Gasteiger partial charge in [0.25, 0.3) is 0 Å². The molecular formula is C14H23NS. The molecule has 1 atom stereocenters. The van der Waals surface area contributed by atoms with Gasteiger partial charge in [0.2, 0.25) is 0 Å². The average Bonchev–Trinajstić information content (AvgIpc) is 2.68. The first-order valence-electron chi connectivity index (χ1n) is 6.47. The molecule has 0 amide bonds. The van der Waals surface area contributed by atoms with Crippen LogP contribution < -0.4 is 5.32 Å². The van der Waals surface area contributed by atoms with E-state index < -0.39 is 0 Å². The quantitative estimate of drug-likeness (QED) is 0.827. The van der Waals surface area contributed by atoms with E-state index in [9.17, 15) is 0 Å². The van der Waals surface area contributed by atoms with Gasteiger partial charge in [0.1, 0.15) is 0 Å². The highest BCUT2D eigenvalue weighted by atomic mass is 32.1. The number of nitrogens with one attached hydrogen (secondary N) is 1. The zero-order chi connectivity index (χ0) is 11.5. The first-order valence-corrected chi connectivity index (χ1v) is 7.29. The topological polar surface area (TPSA) is 12.0 Å². The third-order valence-electron chi connectivity index (χ3n) is 3.69. The van der Waals surface area contributed by atoms with Crippen LogP contribution in [0.15, 0.2) is 12.1 Å².